The van der Waals surface area contributed by atoms with Gasteiger partial charge in [0.25, 0.3) is 5.91 Å². The second-order valence-corrected chi connectivity index (χ2v) is 8.24. The smallest absolute Gasteiger partial charge is 0.261 e. The number of hydrogen-bond donors (Lipinski definition) is 1. The van der Waals surface area contributed by atoms with E-state index in [9.17, 15) is 9.59 Å². The quantitative estimate of drug-likeness (QED) is 0.601. The van der Waals surface area contributed by atoms with Crippen molar-refractivity contribution in [1.82, 2.24) is 10.2 Å². The highest BCUT2D eigenvalue weighted by molar-refractivity contribution is 5.88. The van der Waals surface area contributed by atoms with Gasteiger partial charge in [-0.2, -0.15) is 0 Å². The van der Waals surface area contributed by atoms with Crippen molar-refractivity contribution in [3.8, 4) is 5.75 Å². The average molecular weight is 425 g/mol. The van der Waals surface area contributed by atoms with E-state index in [2.05, 4.69) is 5.32 Å². The summed E-state index contributed by atoms with van der Waals surface area (Å²) >= 11 is 0. The van der Waals surface area contributed by atoms with E-state index in [-0.39, 0.29) is 24.5 Å². The van der Waals surface area contributed by atoms with Crippen LogP contribution in [0, 0.1) is 20.8 Å². The minimum atomic E-state index is -0.552. The Balaban J connectivity index is 2.25. The number of ether oxygens (including phenoxy) is 1. The molecule has 31 heavy (non-hydrogen) atoms. The number of hydrogen-bond acceptors (Lipinski definition) is 3. The molecule has 5 heteroatoms. The van der Waals surface area contributed by atoms with Crippen LogP contribution in [-0.2, 0) is 16.1 Å². The Morgan fingerprint density at radius 1 is 1.03 bits per heavy atom. The lowest BCUT2D eigenvalue weighted by Gasteiger charge is -2.31. The van der Waals surface area contributed by atoms with Crippen molar-refractivity contribution in [2.24, 2.45) is 0 Å². The number of benzene rings is 2. The average Bonchev–Trinajstić information content (AvgIpc) is 2.74. The van der Waals surface area contributed by atoms with Crippen molar-refractivity contribution in [1.29, 1.82) is 0 Å². The van der Waals surface area contributed by atoms with Gasteiger partial charge >= 0.3 is 0 Å². The van der Waals surface area contributed by atoms with Crippen molar-refractivity contribution in [3.63, 3.8) is 0 Å². The first-order chi connectivity index (χ1) is 14.8. The molecule has 0 radical (unpaired) electrons. The summed E-state index contributed by atoms with van der Waals surface area (Å²) in [7, 11) is 0. The Bertz CT molecular complexity index is 894. The molecule has 2 aromatic carbocycles. The summed E-state index contributed by atoms with van der Waals surface area (Å²) in [4.78, 5) is 27.9. The van der Waals surface area contributed by atoms with Crippen LogP contribution in [0.2, 0.25) is 0 Å². The molecule has 0 aliphatic rings. The lowest BCUT2D eigenvalue weighted by atomic mass is 10.1. The number of aryl methyl sites for hydroxylation is 2. The first kappa shape index (κ1) is 24.4. The third-order valence-corrected chi connectivity index (χ3v) is 5.73. The zero-order valence-electron chi connectivity index (χ0n) is 19.7. The molecule has 0 bridgehead atoms. The minimum Gasteiger partial charge on any atom is -0.483 e. The zero-order valence-corrected chi connectivity index (χ0v) is 19.7. The summed E-state index contributed by atoms with van der Waals surface area (Å²) in [6.07, 6.45) is 1.37. The van der Waals surface area contributed by atoms with E-state index in [1.807, 2.05) is 84.0 Å². The van der Waals surface area contributed by atoms with Crippen LogP contribution in [-0.4, -0.2) is 35.4 Å². The molecular weight excluding hydrogens is 388 g/mol. The molecule has 0 spiro atoms. The Kier molecular flexibility index (Phi) is 9.10. The molecule has 2 rings (SSSR count). The summed E-state index contributed by atoms with van der Waals surface area (Å²) < 4.78 is 5.88. The topological polar surface area (TPSA) is 58.6 Å². The molecule has 0 saturated heterocycles. The Morgan fingerprint density at radius 3 is 2.39 bits per heavy atom. The predicted octanol–water partition coefficient (Wildman–Crippen LogP) is 4.71. The van der Waals surface area contributed by atoms with Gasteiger partial charge in [0.2, 0.25) is 5.91 Å². The maximum absolute atomic E-state index is 13.3. The fraction of sp³-hybridized carbons (Fsp3) is 0.462. The SMILES string of the molecule is CC[C@@H](C)NC(=O)[C@@H](CC)N(Cc1cccc(C)c1)C(=O)COc1cccc(C)c1C. The molecule has 5 nitrogen and oxygen atoms in total. The van der Waals surface area contributed by atoms with Crippen LogP contribution in [0.25, 0.3) is 0 Å². The van der Waals surface area contributed by atoms with Crippen LogP contribution in [0.4, 0.5) is 0 Å². The van der Waals surface area contributed by atoms with E-state index in [0.29, 0.717) is 18.7 Å². The van der Waals surface area contributed by atoms with E-state index in [0.717, 1.165) is 28.7 Å². The first-order valence-electron chi connectivity index (χ1n) is 11.1. The fourth-order valence-electron chi connectivity index (χ4n) is 3.47. The number of carbonyl (C=O) groups is 2. The molecule has 168 valence electrons. The van der Waals surface area contributed by atoms with Crippen LogP contribution < -0.4 is 10.1 Å². The monoisotopic (exact) mass is 424 g/mol. The van der Waals surface area contributed by atoms with Crippen molar-refractivity contribution < 1.29 is 14.3 Å². The number of nitrogens with one attached hydrogen (secondary N) is 1. The van der Waals surface area contributed by atoms with Gasteiger partial charge in [-0.1, -0.05) is 55.8 Å². The van der Waals surface area contributed by atoms with Gasteiger partial charge < -0.3 is 15.0 Å². The molecule has 0 unspecified atom stereocenters. The molecule has 0 aromatic heterocycles. The standard InChI is InChI=1S/C26H36N2O3/c1-7-20(5)27-26(30)23(8-2)28(16-22-13-9-11-18(3)15-22)25(29)17-31-24-14-10-12-19(4)21(24)6/h9-15,20,23H,7-8,16-17H2,1-6H3,(H,27,30)/t20-,23-/m1/s1. The van der Waals surface area contributed by atoms with Gasteiger partial charge in [-0.3, -0.25) is 9.59 Å². The minimum absolute atomic E-state index is 0.0589. The highest BCUT2D eigenvalue weighted by Crippen LogP contribution is 2.21. The van der Waals surface area contributed by atoms with Crippen LogP contribution in [0.5, 0.6) is 5.75 Å². The number of rotatable bonds is 10. The van der Waals surface area contributed by atoms with Gasteiger partial charge in [0.15, 0.2) is 6.61 Å². The molecule has 0 saturated carbocycles. The summed E-state index contributed by atoms with van der Waals surface area (Å²) in [5, 5.41) is 3.03. The van der Waals surface area contributed by atoms with E-state index >= 15 is 0 Å². The first-order valence-corrected chi connectivity index (χ1v) is 11.1. The van der Waals surface area contributed by atoms with Gasteiger partial charge in [-0.25, -0.2) is 0 Å². The van der Waals surface area contributed by atoms with Crippen molar-refractivity contribution in [2.45, 2.75) is 73.0 Å². The lowest BCUT2D eigenvalue weighted by Crippen LogP contribution is -2.51. The highest BCUT2D eigenvalue weighted by atomic mass is 16.5. The van der Waals surface area contributed by atoms with Gasteiger partial charge in [0.1, 0.15) is 11.8 Å². The maximum atomic E-state index is 13.3. The highest BCUT2D eigenvalue weighted by Gasteiger charge is 2.29. The van der Waals surface area contributed by atoms with E-state index < -0.39 is 6.04 Å². The summed E-state index contributed by atoms with van der Waals surface area (Å²) in [5.41, 5.74) is 4.24. The molecule has 2 atom stereocenters. The molecule has 2 aromatic rings. The molecule has 0 aliphatic heterocycles. The lowest BCUT2D eigenvalue weighted by molar-refractivity contribution is -0.143. The van der Waals surface area contributed by atoms with E-state index in [1.54, 1.807) is 4.90 Å². The predicted molar refractivity (Wildman–Crippen MR) is 125 cm³/mol. The third-order valence-electron chi connectivity index (χ3n) is 5.73. The van der Waals surface area contributed by atoms with E-state index in [1.165, 1.54) is 0 Å². The van der Waals surface area contributed by atoms with E-state index in [4.69, 9.17) is 4.74 Å². The second-order valence-electron chi connectivity index (χ2n) is 8.24. The molecule has 2 amide bonds. The third kappa shape index (κ3) is 6.84. The van der Waals surface area contributed by atoms with Crippen LogP contribution >= 0.6 is 0 Å². The Labute approximate surface area is 186 Å². The zero-order chi connectivity index (χ0) is 23.0. The fourth-order valence-corrected chi connectivity index (χ4v) is 3.47. The molecule has 0 aliphatic carbocycles. The van der Waals surface area contributed by atoms with Crippen LogP contribution in [0.1, 0.15) is 55.9 Å². The van der Waals surface area contributed by atoms with Crippen molar-refractivity contribution >= 4 is 11.8 Å². The summed E-state index contributed by atoms with van der Waals surface area (Å²) in [6.45, 7) is 12.2. The molecule has 0 heterocycles. The molecule has 1 N–H and O–H groups in total. The molecule has 0 fully saturated rings. The normalized spacial score (nSPS) is 12.7. The maximum Gasteiger partial charge on any atom is 0.261 e. The summed E-state index contributed by atoms with van der Waals surface area (Å²) in [6, 6.07) is 13.3. The second kappa shape index (κ2) is 11.5. The Morgan fingerprint density at radius 2 is 1.74 bits per heavy atom. The van der Waals surface area contributed by atoms with Crippen LogP contribution in [0.3, 0.4) is 0 Å². The van der Waals surface area contributed by atoms with Gasteiger partial charge in [-0.15, -0.1) is 0 Å². The van der Waals surface area contributed by atoms with Gasteiger partial charge in [0.05, 0.1) is 0 Å². The number of carbonyl (C=O) groups excluding carboxylic acids is 2. The number of nitrogens with zero attached hydrogens (tertiary/aromatic N) is 1. The molecular formula is C26H36N2O3. The Hall–Kier alpha value is -2.82. The number of amides is 2. The van der Waals surface area contributed by atoms with Crippen LogP contribution in [0.15, 0.2) is 42.5 Å². The van der Waals surface area contributed by atoms with Crippen molar-refractivity contribution in [2.75, 3.05) is 6.61 Å². The van der Waals surface area contributed by atoms with Gasteiger partial charge in [0, 0.05) is 12.6 Å². The summed E-state index contributed by atoms with van der Waals surface area (Å²) in [5.74, 6) is 0.374. The van der Waals surface area contributed by atoms with Gasteiger partial charge in [-0.05, 0) is 63.3 Å². The van der Waals surface area contributed by atoms with Crippen molar-refractivity contribution in [3.05, 3.63) is 64.7 Å². The largest absolute Gasteiger partial charge is 0.483 e.